The number of Topliss-reactive ketones (excluding diaryl/α,β-unsaturated/α-hetero) is 1. The number of ether oxygens (including phenoxy) is 4. The van der Waals surface area contributed by atoms with Gasteiger partial charge >= 0.3 is 5.97 Å². The fraction of sp³-hybridized carbons (Fsp3) is 0.444. The SMILES string of the molecule is CC(=O)[C@@H]1CCCCN1Cc1cc(Cl)c(OCc2cccc(-c3ccc4c(c3)OC(CCN3CCC(O)(CC(=O)O)C3)CO4)c2C)cc1OCc1cncc(S(C)(=O)=O)c1. The van der Waals surface area contributed by atoms with Crippen LogP contribution in [0, 0.1) is 6.92 Å². The number of hydrogen-bond acceptors (Lipinski definition) is 12. The Labute approximate surface area is 356 Å². The van der Waals surface area contributed by atoms with Crippen molar-refractivity contribution >= 4 is 33.2 Å². The highest BCUT2D eigenvalue weighted by Gasteiger charge is 2.38. The van der Waals surface area contributed by atoms with E-state index >= 15 is 0 Å². The Morgan fingerprint density at radius 1 is 1.00 bits per heavy atom. The largest absolute Gasteiger partial charge is 0.488 e. The molecule has 0 spiro atoms. The van der Waals surface area contributed by atoms with Gasteiger partial charge in [-0.05, 0) is 86.2 Å². The second-order valence-electron chi connectivity index (χ2n) is 16.3. The van der Waals surface area contributed by atoms with E-state index in [1.54, 1.807) is 25.3 Å². The van der Waals surface area contributed by atoms with Gasteiger partial charge in [0.05, 0.1) is 28.0 Å². The Morgan fingerprint density at radius 3 is 2.60 bits per heavy atom. The normalized spacial score (nSPS) is 20.8. The van der Waals surface area contributed by atoms with Crippen LogP contribution in [0.25, 0.3) is 11.1 Å². The van der Waals surface area contributed by atoms with Gasteiger partial charge in [0.25, 0.3) is 0 Å². The number of benzene rings is 3. The van der Waals surface area contributed by atoms with Gasteiger partial charge < -0.3 is 34.1 Å². The summed E-state index contributed by atoms with van der Waals surface area (Å²) < 4.78 is 49.6. The molecule has 0 bridgehead atoms. The topological polar surface area (TPSA) is 165 Å². The number of pyridine rings is 1. The van der Waals surface area contributed by atoms with Crippen LogP contribution in [0.3, 0.4) is 0 Å². The molecule has 0 radical (unpaired) electrons. The van der Waals surface area contributed by atoms with Crippen molar-refractivity contribution in [1.29, 1.82) is 0 Å². The van der Waals surface area contributed by atoms with Gasteiger partial charge in [-0.25, -0.2) is 8.42 Å². The third kappa shape index (κ3) is 10.6. The van der Waals surface area contributed by atoms with E-state index in [9.17, 15) is 23.1 Å². The van der Waals surface area contributed by atoms with Gasteiger partial charge in [-0.1, -0.05) is 42.3 Å². The molecule has 3 aromatic carbocycles. The number of β-amino-alcohol motifs (C(OH)–C–C–N with tert-alkyl or cyclic N) is 1. The molecule has 15 heteroatoms. The van der Waals surface area contributed by atoms with Gasteiger partial charge in [-0.15, -0.1) is 0 Å². The van der Waals surface area contributed by atoms with Crippen LogP contribution < -0.4 is 18.9 Å². The van der Waals surface area contributed by atoms with Crippen molar-refractivity contribution in [3.63, 3.8) is 0 Å². The van der Waals surface area contributed by atoms with Crippen LogP contribution in [-0.2, 0) is 39.2 Å². The van der Waals surface area contributed by atoms with Crippen LogP contribution in [0.2, 0.25) is 5.02 Å². The molecule has 1 aromatic heterocycles. The maximum absolute atomic E-state index is 12.6. The zero-order valence-electron chi connectivity index (χ0n) is 34.2. The molecular weight excluding hydrogens is 810 g/mol. The summed E-state index contributed by atoms with van der Waals surface area (Å²) in [6.45, 7) is 7.14. The number of sulfone groups is 1. The zero-order valence-corrected chi connectivity index (χ0v) is 35.8. The number of nitrogens with zero attached hydrogens (tertiary/aromatic N) is 3. The number of rotatable bonds is 16. The Bertz CT molecular complexity index is 2340. The molecule has 0 aliphatic carbocycles. The van der Waals surface area contributed by atoms with Crippen molar-refractivity contribution in [3.8, 4) is 34.1 Å². The van der Waals surface area contributed by atoms with Gasteiger partial charge in [0.2, 0.25) is 0 Å². The molecule has 0 amide bonds. The molecule has 3 aliphatic rings. The molecule has 2 unspecified atom stereocenters. The van der Waals surface area contributed by atoms with Crippen molar-refractivity contribution in [2.75, 3.05) is 39.0 Å². The van der Waals surface area contributed by atoms with Crippen molar-refractivity contribution in [2.24, 2.45) is 0 Å². The highest BCUT2D eigenvalue weighted by atomic mass is 35.5. The average Bonchev–Trinajstić information content (AvgIpc) is 3.58. The first-order chi connectivity index (χ1) is 28.6. The molecule has 4 aromatic rings. The van der Waals surface area contributed by atoms with E-state index in [0.29, 0.717) is 79.2 Å². The summed E-state index contributed by atoms with van der Waals surface area (Å²) in [6.07, 6.45) is 7.41. The highest BCUT2D eigenvalue weighted by molar-refractivity contribution is 7.90. The molecule has 3 aliphatic heterocycles. The monoisotopic (exact) mass is 861 g/mol. The third-order valence-electron chi connectivity index (χ3n) is 11.6. The Kier molecular flexibility index (Phi) is 13.4. The number of likely N-dealkylation sites (tertiary alicyclic amines) is 2. The van der Waals surface area contributed by atoms with E-state index in [2.05, 4.69) is 14.8 Å². The predicted molar refractivity (Wildman–Crippen MR) is 226 cm³/mol. The molecule has 3 atom stereocenters. The molecular formula is C45H52ClN3O10S. The summed E-state index contributed by atoms with van der Waals surface area (Å²) in [6, 6.07) is 16.8. The minimum Gasteiger partial charge on any atom is -0.488 e. The fourth-order valence-electron chi connectivity index (χ4n) is 8.33. The average molecular weight is 862 g/mol. The number of hydrogen-bond donors (Lipinski definition) is 2. The van der Waals surface area contributed by atoms with E-state index in [1.165, 1.54) is 6.20 Å². The van der Waals surface area contributed by atoms with Gasteiger partial charge in [0.15, 0.2) is 21.3 Å². The van der Waals surface area contributed by atoms with Crippen LogP contribution in [0.5, 0.6) is 23.0 Å². The first-order valence-electron chi connectivity index (χ1n) is 20.3. The van der Waals surface area contributed by atoms with Crippen LogP contribution >= 0.6 is 11.6 Å². The Morgan fingerprint density at radius 2 is 1.82 bits per heavy atom. The van der Waals surface area contributed by atoms with Gasteiger partial charge in [-0.3, -0.25) is 19.5 Å². The van der Waals surface area contributed by atoms with Gasteiger partial charge in [0, 0.05) is 68.4 Å². The minimum absolute atomic E-state index is 0.0510. The zero-order chi connectivity index (χ0) is 42.6. The number of carbonyl (C=O) groups is 2. The quantitative estimate of drug-likeness (QED) is 0.123. The van der Waals surface area contributed by atoms with Crippen LogP contribution in [0.4, 0.5) is 0 Å². The number of carbonyl (C=O) groups excluding carboxylic acids is 1. The number of carboxylic acid groups (broad SMARTS) is 1. The lowest BCUT2D eigenvalue weighted by atomic mass is 9.96. The highest BCUT2D eigenvalue weighted by Crippen LogP contribution is 2.39. The minimum atomic E-state index is -3.46. The molecule has 7 rings (SSSR count). The smallest absolute Gasteiger partial charge is 0.306 e. The maximum atomic E-state index is 12.6. The molecule has 320 valence electrons. The number of carboxylic acids is 1. The van der Waals surface area contributed by atoms with Gasteiger partial charge in [-0.2, -0.15) is 0 Å². The lowest BCUT2D eigenvalue weighted by molar-refractivity contribution is -0.142. The summed E-state index contributed by atoms with van der Waals surface area (Å²) >= 11 is 6.90. The molecule has 2 saturated heterocycles. The summed E-state index contributed by atoms with van der Waals surface area (Å²) in [5, 5.41) is 20.2. The predicted octanol–water partition coefficient (Wildman–Crippen LogP) is 6.66. The lowest BCUT2D eigenvalue weighted by Gasteiger charge is -2.34. The fourth-order valence-corrected chi connectivity index (χ4v) is 9.19. The second-order valence-corrected chi connectivity index (χ2v) is 18.7. The van der Waals surface area contributed by atoms with Crippen molar-refractivity contribution in [3.05, 3.63) is 94.3 Å². The number of aliphatic carboxylic acids is 1. The second kappa shape index (κ2) is 18.5. The Hall–Kier alpha value is -4.73. The number of fused-ring (bicyclic) bond motifs is 1. The molecule has 0 saturated carbocycles. The number of aliphatic hydroxyl groups is 1. The van der Waals surface area contributed by atoms with Crippen LogP contribution in [0.15, 0.2) is 71.9 Å². The summed E-state index contributed by atoms with van der Waals surface area (Å²) in [5.74, 6) is 1.35. The molecule has 60 heavy (non-hydrogen) atoms. The number of aromatic nitrogens is 1. The molecule has 13 nitrogen and oxygen atoms in total. The third-order valence-corrected chi connectivity index (χ3v) is 13.0. The van der Waals surface area contributed by atoms with E-state index in [1.807, 2.05) is 49.4 Å². The van der Waals surface area contributed by atoms with Crippen LogP contribution in [-0.4, -0.2) is 102 Å². The standard InChI is InChI=1S/C45H52ClN3O10S/c1-29-33(7-6-8-37(29)32-10-11-40-43(19-32)59-35(27-58-40)12-15-48-16-13-45(53,28-48)21-44(51)52)26-57-42-20-41(56-25-31-17-36(23-47-22-31)60(3,54)55)34(18-38(42)46)24-49-14-5-4-9-39(49)30(2)50/h6-8,10-11,17-20,22-23,35,39,53H,4-5,9,12-16,21,24-28H2,1-3H3,(H,51,52)/t35?,39-,45?/m0/s1. The molecule has 2 fully saturated rings. The lowest BCUT2D eigenvalue weighted by Crippen LogP contribution is -2.43. The number of halogens is 1. The van der Waals surface area contributed by atoms with Crippen molar-refractivity contribution < 1.29 is 47.2 Å². The number of ketones is 1. The van der Waals surface area contributed by atoms with Gasteiger partial charge in [0.1, 0.15) is 43.2 Å². The maximum Gasteiger partial charge on any atom is 0.306 e. The first kappa shape index (κ1) is 43.4. The first-order valence-corrected chi connectivity index (χ1v) is 22.6. The molecule has 4 heterocycles. The molecule has 2 N–H and O–H groups in total. The van der Waals surface area contributed by atoms with E-state index in [4.69, 9.17) is 35.7 Å². The number of piperidine rings is 1. The van der Waals surface area contributed by atoms with E-state index in [0.717, 1.165) is 59.9 Å². The van der Waals surface area contributed by atoms with E-state index in [-0.39, 0.29) is 42.5 Å². The summed E-state index contributed by atoms with van der Waals surface area (Å²) in [4.78, 5) is 32.2. The van der Waals surface area contributed by atoms with E-state index < -0.39 is 21.4 Å². The van der Waals surface area contributed by atoms with Crippen molar-refractivity contribution in [1.82, 2.24) is 14.8 Å². The summed E-state index contributed by atoms with van der Waals surface area (Å²) in [7, 11) is -3.46. The van der Waals surface area contributed by atoms with Crippen LogP contribution in [0.1, 0.15) is 67.7 Å². The summed E-state index contributed by atoms with van der Waals surface area (Å²) in [5.41, 5.74) is 4.06. The van der Waals surface area contributed by atoms with Crippen molar-refractivity contribution in [2.45, 2.75) is 94.8 Å². The Balaban J connectivity index is 1.06.